The fourth-order valence-electron chi connectivity index (χ4n) is 4.70. The van der Waals surface area contributed by atoms with Crippen LogP contribution in [-0.2, 0) is 19.6 Å². The molecule has 4 rings (SSSR count). The van der Waals surface area contributed by atoms with Crippen molar-refractivity contribution < 1.29 is 18.0 Å². The van der Waals surface area contributed by atoms with E-state index in [0.717, 1.165) is 27.8 Å². The van der Waals surface area contributed by atoms with Crippen molar-refractivity contribution >= 4 is 27.5 Å². The number of carbonyl (C=O) groups excluding carboxylic acids is 2. The van der Waals surface area contributed by atoms with E-state index in [1.807, 2.05) is 52.0 Å². The SMILES string of the molecule is Cc1cc(C)c(C)c(S(=O)(=O)N2CCN(C(=O)[C@H]3CC(=O)Nc4ccccc43)CC2)c1C. The van der Waals surface area contributed by atoms with Crippen molar-refractivity contribution in [2.24, 2.45) is 0 Å². The van der Waals surface area contributed by atoms with Gasteiger partial charge < -0.3 is 10.2 Å². The van der Waals surface area contributed by atoms with Gasteiger partial charge in [0, 0.05) is 38.3 Å². The van der Waals surface area contributed by atoms with Crippen LogP contribution < -0.4 is 5.32 Å². The van der Waals surface area contributed by atoms with Gasteiger partial charge in [0.05, 0.1) is 10.8 Å². The monoisotopic (exact) mass is 455 g/mol. The molecule has 1 fully saturated rings. The lowest BCUT2D eigenvalue weighted by molar-refractivity contribution is -0.136. The minimum absolute atomic E-state index is 0.106. The van der Waals surface area contributed by atoms with Crippen LogP contribution in [0.15, 0.2) is 35.2 Å². The number of nitrogens with one attached hydrogen (secondary N) is 1. The van der Waals surface area contributed by atoms with E-state index in [2.05, 4.69) is 5.32 Å². The summed E-state index contributed by atoms with van der Waals surface area (Å²) in [6.07, 6.45) is 0.106. The molecule has 2 aromatic carbocycles. The first-order valence-electron chi connectivity index (χ1n) is 10.9. The largest absolute Gasteiger partial charge is 0.340 e. The van der Waals surface area contributed by atoms with Crippen LogP contribution in [0.3, 0.4) is 0 Å². The van der Waals surface area contributed by atoms with E-state index in [0.29, 0.717) is 23.7 Å². The number of amides is 2. The van der Waals surface area contributed by atoms with Crippen LogP contribution in [0.25, 0.3) is 0 Å². The fourth-order valence-corrected chi connectivity index (χ4v) is 6.70. The topological polar surface area (TPSA) is 86.8 Å². The second-order valence-electron chi connectivity index (χ2n) is 8.71. The number of aryl methyl sites for hydroxylation is 2. The van der Waals surface area contributed by atoms with Gasteiger partial charge in [-0.3, -0.25) is 9.59 Å². The van der Waals surface area contributed by atoms with Crippen LogP contribution in [0.2, 0.25) is 0 Å². The fraction of sp³-hybridized carbons (Fsp3) is 0.417. The number of carbonyl (C=O) groups is 2. The first kappa shape index (κ1) is 22.5. The minimum atomic E-state index is -3.67. The molecule has 7 nitrogen and oxygen atoms in total. The van der Waals surface area contributed by atoms with Crippen molar-refractivity contribution in [1.29, 1.82) is 0 Å². The highest BCUT2D eigenvalue weighted by Gasteiger charge is 2.37. The van der Waals surface area contributed by atoms with Gasteiger partial charge in [0.15, 0.2) is 0 Å². The summed E-state index contributed by atoms with van der Waals surface area (Å²) in [6.45, 7) is 8.63. The van der Waals surface area contributed by atoms with Gasteiger partial charge in [0.25, 0.3) is 0 Å². The molecule has 2 amide bonds. The Morgan fingerprint density at radius 3 is 2.19 bits per heavy atom. The van der Waals surface area contributed by atoms with Crippen LogP contribution in [0.5, 0.6) is 0 Å². The maximum atomic E-state index is 13.5. The Labute approximate surface area is 189 Å². The number of hydrogen-bond donors (Lipinski definition) is 1. The van der Waals surface area contributed by atoms with E-state index < -0.39 is 15.9 Å². The number of rotatable bonds is 3. The summed E-state index contributed by atoms with van der Waals surface area (Å²) in [4.78, 5) is 27.4. The number of piperazine rings is 1. The van der Waals surface area contributed by atoms with Gasteiger partial charge in [-0.15, -0.1) is 0 Å². The maximum Gasteiger partial charge on any atom is 0.243 e. The maximum absolute atomic E-state index is 13.5. The number of hydrogen-bond acceptors (Lipinski definition) is 4. The lowest BCUT2D eigenvalue weighted by Crippen LogP contribution is -2.52. The highest BCUT2D eigenvalue weighted by Crippen LogP contribution is 2.34. The zero-order chi connectivity index (χ0) is 23.2. The average molecular weight is 456 g/mol. The van der Waals surface area contributed by atoms with Gasteiger partial charge in [0.1, 0.15) is 0 Å². The lowest BCUT2D eigenvalue weighted by atomic mass is 9.89. The molecule has 0 aromatic heterocycles. The number of para-hydroxylation sites is 1. The second-order valence-corrected chi connectivity index (χ2v) is 10.6. The van der Waals surface area contributed by atoms with E-state index >= 15 is 0 Å². The Morgan fingerprint density at radius 2 is 1.56 bits per heavy atom. The standard InChI is InChI=1S/C24H29N3O4S/c1-15-13-16(2)18(4)23(17(15)3)32(30,31)27-11-9-26(10-12-27)24(29)20-14-22(28)25-21-8-6-5-7-19(20)21/h5-8,13,20H,9-12,14H2,1-4H3,(H,25,28)/t20-/m0/s1. The lowest BCUT2D eigenvalue weighted by Gasteiger charge is -2.37. The summed E-state index contributed by atoms with van der Waals surface area (Å²) in [5, 5.41) is 2.82. The van der Waals surface area contributed by atoms with E-state index in [9.17, 15) is 18.0 Å². The van der Waals surface area contributed by atoms with Gasteiger partial charge in [-0.2, -0.15) is 4.31 Å². The summed E-state index contributed by atoms with van der Waals surface area (Å²) in [6, 6.07) is 9.36. The highest BCUT2D eigenvalue weighted by atomic mass is 32.2. The summed E-state index contributed by atoms with van der Waals surface area (Å²) >= 11 is 0. The zero-order valence-electron chi connectivity index (χ0n) is 18.9. The van der Waals surface area contributed by atoms with Gasteiger partial charge in [-0.1, -0.05) is 24.3 Å². The summed E-state index contributed by atoms with van der Waals surface area (Å²) < 4.78 is 28.5. The Morgan fingerprint density at radius 1 is 0.969 bits per heavy atom. The van der Waals surface area contributed by atoms with Crippen molar-refractivity contribution in [1.82, 2.24) is 9.21 Å². The molecule has 32 heavy (non-hydrogen) atoms. The van der Waals surface area contributed by atoms with Crippen molar-refractivity contribution in [2.75, 3.05) is 31.5 Å². The third-order valence-corrected chi connectivity index (χ3v) is 8.92. The van der Waals surface area contributed by atoms with E-state index in [1.54, 1.807) is 11.0 Å². The number of nitrogens with zero attached hydrogens (tertiary/aromatic N) is 2. The molecule has 2 aliphatic rings. The molecule has 1 N–H and O–H groups in total. The van der Waals surface area contributed by atoms with E-state index in [4.69, 9.17) is 0 Å². The number of fused-ring (bicyclic) bond motifs is 1. The van der Waals surface area contributed by atoms with Gasteiger partial charge in [-0.05, 0) is 61.6 Å². The molecule has 2 heterocycles. The van der Waals surface area contributed by atoms with E-state index in [-0.39, 0.29) is 31.3 Å². The van der Waals surface area contributed by atoms with E-state index in [1.165, 1.54) is 4.31 Å². The minimum Gasteiger partial charge on any atom is -0.340 e. The van der Waals surface area contributed by atoms with Gasteiger partial charge >= 0.3 is 0 Å². The molecule has 2 aliphatic heterocycles. The summed E-state index contributed by atoms with van der Waals surface area (Å²) in [5.74, 6) is -0.834. The molecule has 170 valence electrons. The normalized spacial score (nSPS) is 19.4. The van der Waals surface area contributed by atoms with Crippen molar-refractivity contribution in [3.8, 4) is 0 Å². The Balaban J connectivity index is 1.53. The highest BCUT2D eigenvalue weighted by molar-refractivity contribution is 7.89. The predicted molar refractivity (Wildman–Crippen MR) is 123 cm³/mol. The van der Waals surface area contributed by atoms with Crippen LogP contribution >= 0.6 is 0 Å². The molecule has 0 saturated carbocycles. The third-order valence-electron chi connectivity index (χ3n) is 6.74. The molecule has 1 atom stereocenters. The number of benzene rings is 2. The molecule has 1 saturated heterocycles. The third kappa shape index (κ3) is 3.82. The Hall–Kier alpha value is -2.71. The predicted octanol–water partition coefficient (Wildman–Crippen LogP) is 2.88. The molecular formula is C24H29N3O4S. The van der Waals surface area contributed by atoms with Crippen LogP contribution in [-0.4, -0.2) is 55.6 Å². The van der Waals surface area contributed by atoms with Gasteiger partial charge in [0.2, 0.25) is 21.8 Å². The average Bonchev–Trinajstić information content (AvgIpc) is 2.76. The van der Waals surface area contributed by atoms with Crippen LogP contribution in [0.1, 0.15) is 40.2 Å². The molecule has 0 radical (unpaired) electrons. The van der Waals surface area contributed by atoms with Crippen molar-refractivity contribution in [2.45, 2.75) is 44.9 Å². The molecule has 0 bridgehead atoms. The molecule has 0 spiro atoms. The zero-order valence-corrected chi connectivity index (χ0v) is 19.8. The second kappa shape index (κ2) is 8.33. The quantitative estimate of drug-likeness (QED) is 0.771. The molecular weight excluding hydrogens is 426 g/mol. The molecule has 0 aliphatic carbocycles. The van der Waals surface area contributed by atoms with Crippen LogP contribution in [0.4, 0.5) is 5.69 Å². The Kier molecular flexibility index (Phi) is 5.85. The summed E-state index contributed by atoms with van der Waals surface area (Å²) in [5.41, 5.74) is 4.94. The molecule has 8 heteroatoms. The number of sulfonamides is 1. The van der Waals surface area contributed by atoms with Crippen LogP contribution in [0, 0.1) is 27.7 Å². The first-order valence-corrected chi connectivity index (χ1v) is 12.3. The number of anilines is 1. The Bertz CT molecular complexity index is 1170. The van der Waals surface area contributed by atoms with Gasteiger partial charge in [-0.25, -0.2) is 8.42 Å². The summed E-state index contributed by atoms with van der Waals surface area (Å²) in [7, 11) is -3.67. The molecule has 2 aromatic rings. The smallest absolute Gasteiger partial charge is 0.243 e. The van der Waals surface area contributed by atoms with Crippen molar-refractivity contribution in [3.63, 3.8) is 0 Å². The van der Waals surface area contributed by atoms with Crippen molar-refractivity contribution in [3.05, 3.63) is 58.1 Å². The molecule has 0 unspecified atom stereocenters. The first-order chi connectivity index (χ1) is 15.1.